The van der Waals surface area contributed by atoms with Crippen molar-refractivity contribution in [2.75, 3.05) is 7.11 Å². The first kappa shape index (κ1) is 14.1. The molecule has 4 heteroatoms. The van der Waals surface area contributed by atoms with Crippen LogP contribution in [0.1, 0.15) is 21.5 Å². The summed E-state index contributed by atoms with van der Waals surface area (Å²) in [6, 6.07) is 11.9. The molecule has 1 N–H and O–H groups in total. The van der Waals surface area contributed by atoms with E-state index >= 15 is 0 Å². The molecular formula is C16H16FNO2. The van der Waals surface area contributed by atoms with Gasteiger partial charge in [-0.2, -0.15) is 0 Å². The monoisotopic (exact) mass is 273 g/mol. The molecule has 0 spiro atoms. The summed E-state index contributed by atoms with van der Waals surface area (Å²) in [5, 5.41) is 2.71. The van der Waals surface area contributed by atoms with Crippen LogP contribution in [0.2, 0.25) is 0 Å². The van der Waals surface area contributed by atoms with E-state index in [0.29, 0.717) is 12.3 Å². The highest BCUT2D eigenvalue weighted by Crippen LogP contribution is 2.16. The number of ether oxygens (including phenoxy) is 1. The minimum absolute atomic E-state index is 0.0133. The smallest absolute Gasteiger partial charge is 0.254 e. The van der Waals surface area contributed by atoms with Crippen molar-refractivity contribution in [1.29, 1.82) is 0 Å². The molecule has 104 valence electrons. The van der Waals surface area contributed by atoms with Gasteiger partial charge in [0.25, 0.3) is 5.91 Å². The first-order valence-corrected chi connectivity index (χ1v) is 6.28. The average Bonchev–Trinajstić information content (AvgIpc) is 2.46. The molecule has 0 radical (unpaired) electrons. The molecule has 2 aromatic carbocycles. The van der Waals surface area contributed by atoms with Crippen LogP contribution in [0.5, 0.6) is 5.75 Å². The SMILES string of the molecule is COc1ccc(C(=O)NCc2ccccc2C)c(F)c1. The normalized spacial score (nSPS) is 10.2. The molecule has 0 aliphatic carbocycles. The molecule has 2 rings (SSSR count). The molecular weight excluding hydrogens is 257 g/mol. The molecule has 20 heavy (non-hydrogen) atoms. The van der Waals surface area contributed by atoms with Crippen molar-refractivity contribution in [3.05, 3.63) is 65.0 Å². The van der Waals surface area contributed by atoms with Crippen molar-refractivity contribution in [3.8, 4) is 5.75 Å². The van der Waals surface area contributed by atoms with Crippen LogP contribution in [-0.4, -0.2) is 13.0 Å². The summed E-state index contributed by atoms with van der Waals surface area (Å²) in [6.45, 7) is 2.34. The van der Waals surface area contributed by atoms with Gasteiger partial charge in [0, 0.05) is 12.6 Å². The number of hydrogen-bond acceptors (Lipinski definition) is 2. The van der Waals surface area contributed by atoms with E-state index in [1.807, 2.05) is 31.2 Å². The fraction of sp³-hybridized carbons (Fsp3) is 0.188. The minimum atomic E-state index is -0.591. The van der Waals surface area contributed by atoms with E-state index in [0.717, 1.165) is 11.1 Å². The fourth-order valence-corrected chi connectivity index (χ4v) is 1.89. The number of carbonyl (C=O) groups is 1. The quantitative estimate of drug-likeness (QED) is 0.929. The molecule has 3 nitrogen and oxygen atoms in total. The van der Waals surface area contributed by atoms with Gasteiger partial charge in [0.05, 0.1) is 12.7 Å². The second kappa shape index (κ2) is 6.19. The molecule has 0 aliphatic rings. The van der Waals surface area contributed by atoms with Crippen LogP contribution in [0.25, 0.3) is 0 Å². The molecule has 1 amide bonds. The molecule has 0 unspecified atom stereocenters. The maximum Gasteiger partial charge on any atom is 0.254 e. The Hall–Kier alpha value is -2.36. The molecule has 0 fully saturated rings. The Morgan fingerprint density at radius 1 is 1.25 bits per heavy atom. The van der Waals surface area contributed by atoms with E-state index in [1.54, 1.807) is 6.07 Å². The maximum absolute atomic E-state index is 13.8. The van der Waals surface area contributed by atoms with Crippen molar-refractivity contribution >= 4 is 5.91 Å². The lowest BCUT2D eigenvalue weighted by atomic mass is 10.1. The summed E-state index contributed by atoms with van der Waals surface area (Å²) < 4.78 is 18.7. The summed E-state index contributed by atoms with van der Waals surface area (Å²) in [6.07, 6.45) is 0. The van der Waals surface area contributed by atoms with Gasteiger partial charge < -0.3 is 10.1 Å². The number of amides is 1. The zero-order chi connectivity index (χ0) is 14.5. The minimum Gasteiger partial charge on any atom is -0.497 e. The van der Waals surface area contributed by atoms with Crippen LogP contribution in [-0.2, 0) is 6.54 Å². The van der Waals surface area contributed by atoms with Crippen LogP contribution in [0, 0.1) is 12.7 Å². The number of carbonyl (C=O) groups excluding carboxylic acids is 1. The lowest BCUT2D eigenvalue weighted by molar-refractivity contribution is 0.0947. The predicted octanol–water partition coefficient (Wildman–Crippen LogP) is 3.07. The van der Waals surface area contributed by atoms with Crippen LogP contribution < -0.4 is 10.1 Å². The second-order valence-corrected chi connectivity index (χ2v) is 4.45. The van der Waals surface area contributed by atoms with Gasteiger partial charge in [-0.25, -0.2) is 4.39 Å². The maximum atomic E-state index is 13.8. The zero-order valence-corrected chi connectivity index (χ0v) is 11.4. The highest BCUT2D eigenvalue weighted by molar-refractivity contribution is 5.94. The standard InChI is InChI=1S/C16H16FNO2/c1-11-5-3-4-6-12(11)10-18-16(19)14-8-7-13(20-2)9-15(14)17/h3-9H,10H2,1-2H3,(H,18,19). The average molecular weight is 273 g/mol. The van der Waals surface area contributed by atoms with Crippen molar-refractivity contribution in [2.24, 2.45) is 0 Å². The highest BCUT2D eigenvalue weighted by atomic mass is 19.1. The number of rotatable bonds is 4. The zero-order valence-electron chi connectivity index (χ0n) is 11.4. The van der Waals surface area contributed by atoms with Crippen LogP contribution in [0.3, 0.4) is 0 Å². The number of hydrogen-bond donors (Lipinski definition) is 1. The fourth-order valence-electron chi connectivity index (χ4n) is 1.89. The van der Waals surface area contributed by atoms with Gasteiger partial charge in [-0.05, 0) is 30.2 Å². The van der Waals surface area contributed by atoms with Crippen molar-refractivity contribution < 1.29 is 13.9 Å². The largest absolute Gasteiger partial charge is 0.497 e. The molecule has 0 atom stereocenters. The predicted molar refractivity (Wildman–Crippen MR) is 75.3 cm³/mol. The van der Waals surface area contributed by atoms with E-state index < -0.39 is 11.7 Å². The van der Waals surface area contributed by atoms with E-state index in [4.69, 9.17) is 4.74 Å². The summed E-state index contributed by atoms with van der Waals surface area (Å²) >= 11 is 0. The van der Waals surface area contributed by atoms with Gasteiger partial charge >= 0.3 is 0 Å². The van der Waals surface area contributed by atoms with Gasteiger partial charge in [0.2, 0.25) is 0 Å². The van der Waals surface area contributed by atoms with Crippen LogP contribution in [0.4, 0.5) is 4.39 Å². The van der Waals surface area contributed by atoms with Gasteiger partial charge in [0.15, 0.2) is 0 Å². The number of halogens is 1. The van der Waals surface area contributed by atoms with Gasteiger partial charge in [-0.1, -0.05) is 24.3 Å². The molecule has 0 aromatic heterocycles. The molecule has 2 aromatic rings. The van der Waals surface area contributed by atoms with Gasteiger partial charge in [-0.15, -0.1) is 0 Å². The molecule has 0 saturated heterocycles. The Kier molecular flexibility index (Phi) is 4.35. The summed E-state index contributed by atoms with van der Waals surface area (Å²) in [5.74, 6) is -0.641. The molecule has 0 bridgehead atoms. The summed E-state index contributed by atoms with van der Waals surface area (Å²) in [7, 11) is 1.45. The molecule has 0 aliphatic heterocycles. The second-order valence-electron chi connectivity index (χ2n) is 4.45. The third-order valence-electron chi connectivity index (χ3n) is 3.12. The highest BCUT2D eigenvalue weighted by Gasteiger charge is 2.12. The van der Waals surface area contributed by atoms with E-state index in [1.165, 1.54) is 19.2 Å². The number of benzene rings is 2. The molecule has 0 heterocycles. The molecule has 0 saturated carbocycles. The Balaban J connectivity index is 2.07. The number of methoxy groups -OCH3 is 1. The Morgan fingerprint density at radius 3 is 2.65 bits per heavy atom. The first-order chi connectivity index (χ1) is 9.61. The number of nitrogens with one attached hydrogen (secondary N) is 1. The van der Waals surface area contributed by atoms with Gasteiger partial charge in [0.1, 0.15) is 11.6 Å². The van der Waals surface area contributed by atoms with Crippen molar-refractivity contribution in [3.63, 3.8) is 0 Å². The lowest BCUT2D eigenvalue weighted by Crippen LogP contribution is -2.24. The summed E-state index contributed by atoms with van der Waals surface area (Å²) in [5.41, 5.74) is 2.11. The lowest BCUT2D eigenvalue weighted by Gasteiger charge is -2.09. The van der Waals surface area contributed by atoms with E-state index in [2.05, 4.69) is 5.32 Å². The van der Waals surface area contributed by atoms with Crippen LogP contribution in [0.15, 0.2) is 42.5 Å². The van der Waals surface area contributed by atoms with E-state index in [9.17, 15) is 9.18 Å². The third kappa shape index (κ3) is 3.15. The Bertz CT molecular complexity index is 626. The van der Waals surface area contributed by atoms with E-state index in [-0.39, 0.29) is 5.56 Å². The van der Waals surface area contributed by atoms with Gasteiger partial charge in [-0.3, -0.25) is 4.79 Å². The topological polar surface area (TPSA) is 38.3 Å². The Labute approximate surface area is 117 Å². The van der Waals surface area contributed by atoms with Crippen molar-refractivity contribution in [1.82, 2.24) is 5.32 Å². The Morgan fingerprint density at radius 2 is 2.00 bits per heavy atom. The third-order valence-corrected chi connectivity index (χ3v) is 3.12. The van der Waals surface area contributed by atoms with Crippen molar-refractivity contribution in [2.45, 2.75) is 13.5 Å². The summed E-state index contributed by atoms with van der Waals surface area (Å²) in [4.78, 5) is 12.0. The van der Waals surface area contributed by atoms with Crippen LogP contribution >= 0.6 is 0 Å². The first-order valence-electron chi connectivity index (χ1n) is 6.28. The number of aryl methyl sites for hydroxylation is 1.